The smallest absolute Gasteiger partial charge is 0.216 e. The maximum atomic E-state index is 10.9. The van der Waals surface area contributed by atoms with Crippen LogP contribution in [0.5, 0.6) is 5.75 Å². The summed E-state index contributed by atoms with van der Waals surface area (Å²) in [5.41, 5.74) is 3.51. The molecule has 1 N–H and O–H groups in total. The van der Waals surface area contributed by atoms with E-state index in [1.807, 2.05) is 18.2 Å². The fourth-order valence-electron chi connectivity index (χ4n) is 3.49. The number of imidazole rings is 1. The number of aryl methyl sites for hydroxylation is 2. The Kier molecular flexibility index (Phi) is 7.68. The van der Waals surface area contributed by atoms with Gasteiger partial charge in [-0.25, -0.2) is 4.98 Å². The van der Waals surface area contributed by atoms with Crippen LogP contribution in [0.1, 0.15) is 44.5 Å². The third-order valence-corrected chi connectivity index (χ3v) is 5.10. The lowest BCUT2D eigenvalue weighted by Gasteiger charge is -2.11. The highest BCUT2D eigenvalue weighted by molar-refractivity contribution is 5.75. The van der Waals surface area contributed by atoms with E-state index in [4.69, 9.17) is 9.72 Å². The lowest BCUT2D eigenvalue weighted by Crippen LogP contribution is -2.20. The number of para-hydroxylation sites is 2. The van der Waals surface area contributed by atoms with Gasteiger partial charge in [0.05, 0.1) is 17.6 Å². The molecule has 29 heavy (non-hydrogen) atoms. The van der Waals surface area contributed by atoms with Gasteiger partial charge < -0.3 is 14.6 Å². The standard InChI is InChI=1S/C24H31N3O2/c1-3-20-12-14-21(15-13-20)29-18-17-27-23-10-7-6-9-22(23)26-24(27)11-5-4-8-16-25-19(2)28/h6-7,9-10,12-15H,3-5,8,11,16-18H2,1-2H3,(H,25,28). The van der Waals surface area contributed by atoms with Crippen molar-refractivity contribution in [2.75, 3.05) is 13.2 Å². The molecule has 3 aromatic rings. The monoisotopic (exact) mass is 393 g/mol. The van der Waals surface area contributed by atoms with E-state index in [9.17, 15) is 4.79 Å². The molecule has 0 aliphatic carbocycles. The Bertz CT molecular complexity index is 916. The third kappa shape index (κ3) is 6.08. The van der Waals surface area contributed by atoms with Crippen molar-refractivity contribution in [1.29, 1.82) is 0 Å². The summed E-state index contributed by atoms with van der Waals surface area (Å²) >= 11 is 0. The van der Waals surface area contributed by atoms with Crippen LogP contribution in [0, 0.1) is 0 Å². The van der Waals surface area contributed by atoms with Gasteiger partial charge in [-0.2, -0.15) is 0 Å². The summed E-state index contributed by atoms with van der Waals surface area (Å²) in [6.07, 6.45) is 5.10. The van der Waals surface area contributed by atoms with Gasteiger partial charge in [0.15, 0.2) is 0 Å². The van der Waals surface area contributed by atoms with Crippen molar-refractivity contribution in [3.63, 3.8) is 0 Å². The Balaban J connectivity index is 1.58. The Morgan fingerprint density at radius 2 is 1.86 bits per heavy atom. The van der Waals surface area contributed by atoms with Crippen molar-refractivity contribution >= 4 is 16.9 Å². The molecule has 0 bridgehead atoms. The Hall–Kier alpha value is -2.82. The van der Waals surface area contributed by atoms with E-state index in [0.717, 1.165) is 67.8 Å². The number of nitrogens with zero attached hydrogens (tertiary/aromatic N) is 2. The summed E-state index contributed by atoms with van der Waals surface area (Å²) in [5, 5.41) is 2.85. The molecule has 3 rings (SSSR count). The molecule has 154 valence electrons. The fourth-order valence-corrected chi connectivity index (χ4v) is 3.49. The first-order valence-electron chi connectivity index (χ1n) is 10.6. The predicted octanol–water partition coefficient (Wildman–Crippen LogP) is 4.53. The predicted molar refractivity (Wildman–Crippen MR) is 117 cm³/mol. The average molecular weight is 394 g/mol. The molecule has 2 aromatic carbocycles. The minimum atomic E-state index is 0.0381. The number of ether oxygens (including phenoxy) is 1. The number of hydrogen-bond donors (Lipinski definition) is 1. The quantitative estimate of drug-likeness (QED) is 0.487. The zero-order valence-electron chi connectivity index (χ0n) is 17.5. The van der Waals surface area contributed by atoms with Crippen molar-refractivity contribution in [3.05, 3.63) is 59.9 Å². The van der Waals surface area contributed by atoms with Crippen molar-refractivity contribution < 1.29 is 9.53 Å². The summed E-state index contributed by atoms with van der Waals surface area (Å²) in [6.45, 7) is 5.85. The molecule has 5 nitrogen and oxygen atoms in total. The molecule has 0 fully saturated rings. The third-order valence-electron chi connectivity index (χ3n) is 5.10. The number of hydrogen-bond acceptors (Lipinski definition) is 3. The van der Waals surface area contributed by atoms with E-state index in [0.29, 0.717) is 6.61 Å². The number of unbranched alkanes of at least 4 members (excludes halogenated alkanes) is 2. The van der Waals surface area contributed by atoms with Crippen molar-refractivity contribution in [1.82, 2.24) is 14.9 Å². The highest BCUT2D eigenvalue weighted by atomic mass is 16.5. The van der Waals surface area contributed by atoms with Crippen LogP contribution in [-0.2, 0) is 24.2 Å². The van der Waals surface area contributed by atoms with Crippen LogP contribution in [0.15, 0.2) is 48.5 Å². The molecule has 1 heterocycles. The largest absolute Gasteiger partial charge is 0.492 e. The number of benzene rings is 2. The van der Waals surface area contributed by atoms with Crippen LogP contribution in [0.3, 0.4) is 0 Å². The second-order valence-corrected chi connectivity index (χ2v) is 7.31. The SMILES string of the molecule is CCc1ccc(OCCn2c(CCCCCNC(C)=O)nc3ccccc32)cc1. The van der Waals surface area contributed by atoms with Gasteiger partial charge in [0.25, 0.3) is 0 Å². The van der Waals surface area contributed by atoms with Crippen molar-refractivity contribution in [3.8, 4) is 5.75 Å². The van der Waals surface area contributed by atoms with Gasteiger partial charge in [-0.15, -0.1) is 0 Å². The summed E-state index contributed by atoms with van der Waals surface area (Å²) in [4.78, 5) is 15.8. The highest BCUT2D eigenvalue weighted by Gasteiger charge is 2.10. The van der Waals surface area contributed by atoms with Gasteiger partial charge >= 0.3 is 0 Å². The summed E-state index contributed by atoms with van der Waals surface area (Å²) in [5.74, 6) is 2.05. The number of amides is 1. The lowest BCUT2D eigenvalue weighted by molar-refractivity contribution is -0.118. The number of fused-ring (bicyclic) bond motifs is 1. The molecule has 0 radical (unpaired) electrons. The van der Waals surface area contributed by atoms with Gasteiger partial charge in [0.1, 0.15) is 18.2 Å². The Labute approximate surface area is 173 Å². The fraction of sp³-hybridized carbons (Fsp3) is 0.417. The van der Waals surface area contributed by atoms with E-state index in [2.05, 4.69) is 47.1 Å². The number of aromatic nitrogens is 2. The van der Waals surface area contributed by atoms with E-state index in [1.54, 1.807) is 6.92 Å². The molecule has 5 heteroatoms. The van der Waals surface area contributed by atoms with Gasteiger partial charge in [-0.05, 0) is 49.1 Å². The number of carbonyl (C=O) groups excluding carboxylic acids is 1. The number of carbonyl (C=O) groups is 1. The molecule has 0 aliphatic heterocycles. The molecule has 0 saturated carbocycles. The molecule has 0 unspecified atom stereocenters. The zero-order chi connectivity index (χ0) is 20.5. The topological polar surface area (TPSA) is 56.1 Å². The molecular formula is C24H31N3O2. The summed E-state index contributed by atoms with van der Waals surface area (Å²) < 4.78 is 8.26. The van der Waals surface area contributed by atoms with E-state index < -0.39 is 0 Å². The minimum absolute atomic E-state index is 0.0381. The summed E-state index contributed by atoms with van der Waals surface area (Å²) in [7, 11) is 0. The van der Waals surface area contributed by atoms with Crippen LogP contribution in [-0.4, -0.2) is 28.6 Å². The number of rotatable bonds is 11. The molecule has 0 aliphatic rings. The molecule has 1 amide bonds. The molecule has 0 atom stereocenters. The van der Waals surface area contributed by atoms with Gasteiger partial charge in [0.2, 0.25) is 5.91 Å². The normalized spacial score (nSPS) is 11.0. The minimum Gasteiger partial charge on any atom is -0.492 e. The van der Waals surface area contributed by atoms with Gasteiger partial charge in [-0.3, -0.25) is 4.79 Å². The molecular weight excluding hydrogens is 362 g/mol. The van der Waals surface area contributed by atoms with Crippen molar-refractivity contribution in [2.45, 2.75) is 52.5 Å². The lowest BCUT2D eigenvalue weighted by atomic mass is 10.2. The average Bonchev–Trinajstić information content (AvgIpc) is 3.08. The van der Waals surface area contributed by atoms with E-state index in [-0.39, 0.29) is 5.91 Å². The molecule has 0 saturated heterocycles. The second kappa shape index (κ2) is 10.6. The first-order valence-corrected chi connectivity index (χ1v) is 10.6. The maximum Gasteiger partial charge on any atom is 0.216 e. The summed E-state index contributed by atoms with van der Waals surface area (Å²) in [6, 6.07) is 16.6. The van der Waals surface area contributed by atoms with Crippen LogP contribution in [0.25, 0.3) is 11.0 Å². The van der Waals surface area contributed by atoms with Gasteiger partial charge in [0, 0.05) is 19.9 Å². The van der Waals surface area contributed by atoms with Crippen LogP contribution in [0.2, 0.25) is 0 Å². The van der Waals surface area contributed by atoms with E-state index >= 15 is 0 Å². The first-order chi connectivity index (χ1) is 14.2. The highest BCUT2D eigenvalue weighted by Crippen LogP contribution is 2.19. The molecule has 1 aromatic heterocycles. The van der Waals surface area contributed by atoms with Crippen LogP contribution < -0.4 is 10.1 Å². The second-order valence-electron chi connectivity index (χ2n) is 7.31. The van der Waals surface area contributed by atoms with Crippen molar-refractivity contribution in [2.24, 2.45) is 0 Å². The van der Waals surface area contributed by atoms with Gasteiger partial charge in [-0.1, -0.05) is 37.6 Å². The Morgan fingerprint density at radius 3 is 2.62 bits per heavy atom. The Morgan fingerprint density at radius 1 is 1.07 bits per heavy atom. The van der Waals surface area contributed by atoms with Crippen LogP contribution in [0.4, 0.5) is 0 Å². The number of nitrogens with one attached hydrogen (secondary N) is 1. The first kappa shape index (κ1) is 20.9. The van der Waals surface area contributed by atoms with Crippen LogP contribution >= 0.6 is 0 Å². The maximum absolute atomic E-state index is 10.9. The van der Waals surface area contributed by atoms with E-state index in [1.165, 1.54) is 5.56 Å². The molecule has 0 spiro atoms. The zero-order valence-corrected chi connectivity index (χ0v) is 17.5.